The van der Waals surface area contributed by atoms with Crippen molar-refractivity contribution >= 4 is 50.4 Å². The van der Waals surface area contributed by atoms with E-state index < -0.39 is 0 Å². The fourth-order valence-electron chi connectivity index (χ4n) is 0. The van der Waals surface area contributed by atoms with Crippen molar-refractivity contribution in [1.82, 2.24) is 0 Å². The van der Waals surface area contributed by atoms with Crippen molar-refractivity contribution in [2.24, 2.45) is 0 Å². The Bertz CT molecular complexity index is 7.51. The molecule has 0 amide bonds. The summed E-state index contributed by atoms with van der Waals surface area (Å²) in [5.41, 5.74) is 0. The first kappa shape index (κ1) is 137. The Labute approximate surface area is 71.8 Å². The van der Waals surface area contributed by atoms with Gasteiger partial charge in [-0.3, -0.25) is 0 Å². The molecular weight excluding hydrogens is 296 g/mol. The molecule has 0 aromatic carbocycles. The molecule has 0 saturated heterocycles. The van der Waals surface area contributed by atoms with Gasteiger partial charge in [0.05, 0.1) is 0 Å². The molecule has 0 atom stereocenters. The van der Waals surface area contributed by atoms with Gasteiger partial charge in [0, 0.05) is 0 Å². The van der Waals surface area contributed by atoms with Crippen molar-refractivity contribution in [1.29, 1.82) is 0 Å². The van der Waals surface area contributed by atoms with Gasteiger partial charge < -0.3 is 21.9 Å². The molecular formula is H4MgO4Pb. The molecule has 0 unspecified atom stereocenters. The van der Waals surface area contributed by atoms with E-state index >= 15 is 0 Å². The van der Waals surface area contributed by atoms with Gasteiger partial charge in [0.15, 0.2) is 0 Å². The molecule has 0 aromatic rings. The molecule has 0 aliphatic rings. The third kappa shape index (κ3) is 48.5. The van der Waals surface area contributed by atoms with E-state index in [1.165, 1.54) is 0 Å². The van der Waals surface area contributed by atoms with Crippen molar-refractivity contribution < 1.29 is 21.9 Å². The van der Waals surface area contributed by atoms with E-state index in [2.05, 4.69) is 0 Å². The molecule has 6 heteroatoms. The Kier molecular flexibility index (Phi) is 1960. The van der Waals surface area contributed by atoms with Gasteiger partial charge in [-0.25, -0.2) is 0 Å². The van der Waals surface area contributed by atoms with Crippen molar-refractivity contribution in [3.05, 3.63) is 0 Å². The molecule has 0 aliphatic heterocycles. The summed E-state index contributed by atoms with van der Waals surface area (Å²) in [6, 6.07) is 0. The summed E-state index contributed by atoms with van der Waals surface area (Å²) in [6.07, 6.45) is 0. The van der Waals surface area contributed by atoms with Gasteiger partial charge in [-0.05, 0) is 0 Å². The van der Waals surface area contributed by atoms with E-state index in [0.717, 1.165) is 0 Å². The van der Waals surface area contributed by atoms with Crippen LogP contribution in [0.3, 0.4) is 0 Å². The summed E-state index contributed by atoms with van der Waals surface area (Å²) < 4.78 is 0. The van der Waals surface area contributed by atoms with Gasteiger partial charge in [0.1, 0.15) is 0 Å². The van der Waals surface area contributed by atoms with Gasteiger partial charge in [0.25, 0.3) is 0 Å². The molecule has 0 fully saturated rings. The summed E-state index contributed by atoms with van der Waals surface area (Å²) in [5.74, 6) is 0. The van der Waals surface area contributed by atoms with E-state index in [4.69, 9.17) is 0 Å². The second kappa shape index (κ2) is 85.4. The number of rotatable bonds is 0. The summed E-state index contributed by atoms with van der Waals surface area (Å²) in [5, 5.41) is 0. The maximum absolute atomic E-state index is 0. The van der Waals surface area contributed by atoms with Crippen molar-refractivity contribution in [2.45, 2.75) is 0 Å². The Morgan fingerprint density at radius 2 is 0.500 bits per heavy atom. The first-order chi connectivity index (χ1) is 0. The Morgan fingerprint density at radius 3 is 0.500 bits per heavy atom. The van der Waals surface area contributed by atoms with Crippen LogP contribution in [-0.4, -0.2) is 72.3 Å². The topological polar surface area (TPSA) is 120 Å². The standard InChI is InChI=1S/Mg.4H2O.Pb/h;4*1H2;/q+2;;;;;+2/p-4. The predicted molar refractivity (Wildman–Crippen MR) is 19.3 cm³/mol. The van der Waals surface area contributed by atoms with E-state index in [-0.39, 0.29) is 72.3 Å². The van der Waals surface area contributed by atoms with Gasteiger partial charge in [-0.1, -0.05) is 0 Å². The first-order valence-electron chi connectivity index (χ1n) is 0. The van der Waals surface area contributed by atoms with Crippen molar-refractivity contribution in [3.63, 3.8) is 0 Å². The maximum Gasteiger partial charge on any atom is 2.00 e. The van der Waals surface area contributed by atoms with Crippen molar-refractivity contribution in [3.8, 4) is 0 Å². The number of hydrogen-bond acceptors (Lipinski definition) is 4. The quantitative estimate of drug-likeness (QED) is 0.507. The second-order valence-corrected chi connectivity index (χ2v) is 0. The van der Waals surface area contributed by atoms with Crippen LogP contribution in [0.25, 0.3) is 0 Å². The molecule has 6 heavy (non-hydrogen) atoms. The van der Waals surface area contributed by atoms with Crippen LogP contribution < -0.4 is 0 Å². The smallest absolute Gasteiger partial charge is 0.870 e. The second-order valence-electron chi connectivity index (χ2n) is 0. The molecule has 0 aliphatic carbocycles. The van der Waals surface area contributed by atoms with Gasteiger partial charge >= 0.3 is 50.4 Å². The fourth-order valence-corrected chi connectivity index (χ4v) is 0. The van der Waals surface area contributed by atoms with E-state index in [0.29, 0.717) is 0 Å². The van der Waals surface area contributed by atoms with E-state index in [9.17, 15) is 0 Å². The average molecular weight is 300 g/mol. The van der Waals surface area contributed by atoms with E-state index in [1.807, 2.05) is 0 Å². The zero-order chi connectivity index (χ0) is 0. The molecule has 2 radical (unpaired) electrons. The van der Waals surface area contributed by atoms with Gasteiger partial charge in [-0.15, -0.1) is 0 Å². The average Bonchev–Trinajstić information content (AvgIpc) is 0. The van der Waals surface area contributed by atoms with Crippen LogP contribution in [0.2, 0.25) is 0 Å². The zero-order valence-electron chi connectivity index (χ0n) is 3.00. The zero-order valence-corrected chi connectivity index (χ0v) is 8.30. The van der Waals surface area contributed by atoms with Crippen LogP contribution in [0.5, 0.6) is 0 Å². The molecule has 4 N–H and O–H groups in total. The van der Waals surface area contributed by atoms with Crippen LogP contribution >= 0.6 is 0 Å². The molecule has 0 saturated carbocycles. The summed E-state index contributed by atoms with van der Waals surface area (Å²) in [4.78, 5) is 0. The minimum Gasteiger partial charge on any atom is -0.870 e. The maximum atomic E-state index is 0. The molecule has 0 spiro atoms. The third-order valence-electron chi connectivity index (χ3n) is 0. The van der Waals surface area contributed by atoms with E-state index in [1.54, 1.807) is 0 Å². The molecule has 0 heterocycles. The molecule has 0 bridgehead atoms. The summed E-state index contributed by atoms with van der Waals surface area (Å²) >= 11 is 0. The SMILES string of the molecule is [Mg+2].[OH-].[OH-].[OH-].[OH-].[Pb+2]. The summed E-state index contributed by atoms with van der Waals surface area (Å²) in [7, 11) is 0. The Morgan fingerprint density at radius 1 is 0.500 bits per heavy atom. The Hall–Kier alpha value is 1.53. The van der Waals surface area contributed by atoms with Crippen LogP contribution in [-0.2, 0) is 0 Å². The number of hydrogen-bond donors (Lipinski definition) is 0. The predicted octanol–water partition coefficient (Wildman–Crippen LogP) is -1.47. The third-order valence-corrected chi connectivity index (χ3v) is 0. The van der Waals surface area contributed by atoms with Crippen LogP contribution in [0.1, 0.15) is 0 Å². The minimum atomic E-state index is 0. The molecule has 0 rings (SSSR count). The first-order valence-corrected chi connectivity index (χ1v) is 0. The molecule has 0 aromatic heterocycles. The minimum absolute atomic E-state index is 0. The largest absolute Gasteiger partial charge is 2.00 e. The van der Waals surface area contributed by atoms with Gasteiger partial charge in [0.2, 0.25) is 0 Å². The van der Waals surface area contributed by atoms with Crippen LogP contribution in [0.15, 0.2) is 0 Å². The van der Waals surface area contributed by atoms with Crippen molar-refractivity contribution in [2.75, 3.05) is 0 Å². The summed E-state index contributed by atoms with van der Waals surface area (Å²) in [6.45, 7) is 0. The normalized spacial score (nSPS) is 0. The monoisotopic (exact) mass is 300 g/mol. The Balaban J connectivity index is 0. The molecule has 34 valence electrons. The van der Waals surface area contributed by atoms with Crippen LogP contribution in [0, 0.1) is 0 Å². The van der Waals surface area contributed by atoms with Crippen LogP contribution in [0.4, 0.5) is 0 Å². The fraction of sp³-hybridized carbons (Fsp3) is 0. The molecule has 4 nitrogen and oxygen atoms in total. The van der Waals surface area contributed by atoms with Gasteiger partial charge in [-0.2, -0.15) is 0 Å².